The fourth-order valence-corrected chi connectivity index (χ4v) is 6.84. The molecule has 234 valence electrons. The second-order valence-electron chi connectivity index (χ2n) is 11.7. The maximum Gasteiger partial charge on any atom is 0.416 e. The highest BCUT2D eigenvalue weighted by Gasteiger charge is 2.54. The van der Waals surface area contributed by atoms with E-state index in [0.717, 1.165) is 35.4 Å². The van der Waals surface area contributed by atoms with Crippen molar-refractivity contribution in [2.45, 2.75) is 76.3 Å². The summed E-state index contributed by atoms with van der Waals surface area (Å²) in [6.07, 6.45) is -8.53. The molecule has 6 nitrogen and oxygen atoms in total. The molecular formula is C31H34F6N2O4. The average molecular weight is 613 g/mol. The zero-order valence-electron chi connectivity index (χ0n) is 23.8. The van der Waals surface area contributed by atoms with E-state index in [4.69, 9.17) is 9.47 Å². The SMILES string of the molecule is CCOC(=O)c1cccc(C2CCN([C@@H]3CC[C@](CC(F)(F)F)(C(=O)N4COc5ccc(C(F)(F)F)cc5C4)C3)CC2)c1. The Kier molecular flexibility index (Phi) is 8.70. The summed E-state index contributed by atoms with van der Waals surface area (Å²) in [5.74, 6) is -0.759. The van der Waals surface area contributed by atoms with Crippen molar-refractivity contribution in [1.29, 1.82) is 0 Å². The minimum absolute atomic E-state index is 0.0142. The Morgan fingerprint density at radius 2 is 1.77 bits per heavy atom. The second kappa shape index (κ2) is 12.0. The summed E-state index contributed by atoms with van der Waals surface area (Å²) < 4.78 is 92.0. The van der Waals surface area contributed by atoms with Crippen LogP contribution in [0.15, 0.2) is 42.5 Å². The van der Waals surface area contributed by atoms with E-state index < -0.39 is 35.7 Å². The molecule has 2 aliphatic heterocycles. The smallest absolute Gasteiger partial charge is 0.416 e. The van der Waals surface area contributed by atoms with Crippen molar-refractivity contribution in [3.8, 4) is 5.75 Å². The van der Waals surface area contributed by atoms with Gasteiger partial charge in [-0.15, -0.1) is 0 Å². The van der Waals surface area contributed by atoms with Gasteiger partial charge in [0.15, 0.2) is 6.73 Å². The molecule has 1 saturated heterocycles. The van der Waals surface area contributed by atoms with Crippen molar-refractivity contribution in [2.75, 3.05) is 26.4 Å². The second-order valence-corrected chi connectivity index (χ2v) is 11.7. The molecule has 5 rings (SSSR count). The zero-order chi connectivity index (χ0) is 31.0. The third-order valence-corrected chi connectivity index (χ3v) is 8.90. The van der Waals surface area contributed by atoms with Crippen LogP contribution < -0.4 is 4.74 Å². The summed E-state index contributed by atoms with van der Waals surface area (Å²) in [5.41, 5.74) is -1.02. The van der Waals surface area contributed by atoms with E-state index >= 15 is 0 Å². The molecule has 2 aromatic rings. The van der Waals surface area contributed by atoms with Gasteiger partial charge in [0.25, 0.3) is 0 Å². The first kappa shape index (κ1) is 31.2. The number of piperidine rings is 1. The molecule has 2 aromatic carbocycles. The van der Waals surface area contributed by atoms with Crippen LogP contribution in [0.25, 0.3) is 0 Å². The molecule has 1 amide bonds. The van der Waals surface area contributed by atoms with Gasteiger partial charge in [0.05, 0.1) is 36.1 Å². The largest absolute Gasteiger partial charge is 0.473 e. The minimum Gasteiger partial charge on any atom is -0.473 e. The highest BCUT2D eigenvalue weighted by molar-refractivity contribution is 5.89. The number of fused-ring (bicyclic) bond motifs is 1. The summed E-state index contributed by atoms with van der Waals surface area (Å²) in [6.45, 7) is 2.71. The number of carbonyl (C=O) groups excluding carboxylic acids is 2. The number of halogens is 6. The van der Waals surface area contributed by atoms with Gasteiger partial charge in [-0.3, -0.25) is 4.79 Å². The summed E-state index contributed by atoms with van der Waals surface area (Å²) in [4.78, 5) is 29.2. The Morgan fingerprint density at radius 1 is 1.02 bits per heavy atom. The number of amides is 1. The van der Waals surface area contributed by atoms with Crippen LogP contribution in [0.2, 0.25) is 0 Å². The first-order valence-electron chi connectivity index (χ1n) is 14.5. The van der Waals surface area contributed by atoms with Crippen LogP contribution in [0.4, 0.5) is 26.3 Å². The molecule has 0 N–H and O–H groups in total. The standard InChI is InChI=1S/C31H34F6N2O4/c1-2-42-27(40)22-5-3-4-21(14-22)20-9-12-38(13-10-20)25-8-11-29(16-25,18-30(32,33)34)28(41)39-17-23-15-24(31(35,36)37)6-7-26(23)43-19-39/h3-7,14-15,20,25H,2,8-13,16-19H2,1H3/t25-,29+/m1/s1. The summed E-state index contributed by atoms with van der Waals surface area (Å²) in [7, 11) is 0. The average Bonchev–Trinajstić information content (AvgIpc) is 3.39. The number of alkyl halides is 6. The van der Waals surface area contributed by atoms with E-state index in [1.165, 1.54) is 6.07 Å². The highest BCUT2D eigenvalue weighted by atomic mass is 19.4. The van der Waals surface area contributed by atoms with Crippen molar-refractivity contribution < 1.29 is 45.4 Å². The molecule has 0 unspecified atom stereocenters. The van der Waals surface area contributed by atoms with E-state index in [1.54, 1.807) is 13.0 Å². The van der Waals surface area contributed by atoms with Crippen LogP contribution in [0, 0.1) is 5.41 Å². The quantitative estimate of drug-likeness (QED) is 0.262. The lowest BCUT2D eigenvalue weighted by molar-refractivity contribution is -0.177. The number of benzene rings is 2. The topological polar surface area (TPSA) is 59.1 Å². The van der Waals surface area contributed by atoms with Gasteiger partial charge < -0.3 is 19.3 Å². The van der Waals surface area contributed by atoms with Crippen LogP contribution in [-0.2, 0) is 22.3 Å². The van der Waals surface area contributed by atoms with Gasteiger partial charge in [0, 0.05) is 11.6 Å². The van der Waals surface area contributed by atoms with Gasteiger partial charge in [-0.05, 0) is 93.9 Å². The molecule has 2 fully saturated rings. The first-order chi connectivity index (χ1) is 20.3. The molecule has 3 aliphatic rings. The van der Waals surface area contributed by atoms with Gasteiger partial charge in [0.2, 0.25) is 5.91 Å². The maximum atomic E-state index is 13.9. The van der Waals surface area contributed by atoms with E-state index in [-0.39, 0.29) is 62.0 Å². The molecule has 0 spiro atoms. The number of esters is 1. The zero-order valence-corrected chi connectivity index (χ0v) is 23.8. The lowest BCUT2D eigenvalue weighted by Crippen LogP contribution is -2.48. The molecule has 2 atom stereocenters. The summed E-state index contributed by atoms with van der Waals surface area (Å²) in [5, 5.41) is 0. The highest BCUT2D eigenvalue weighted by Crippen LogP contribution is 2.50. The van der Waals surface area contributed by atoms with Gasteiger partial charge in [-0.25, -0.2) is 4.79 Å². The van der Waals surface area contributed by atoms with Crippen LogP contribution in [0.5, 0.6) is 5.75 Å². The molecule has 0 bridgehead atoms. The van der Waals surface area contributed by atoms with Gasteiger partial charge in [-0.1, -0.05) is 12.1 Å². The van der Waals surface area contributed by atoms with Crippen LogP contribution >= 0.6 is 0 Å². The molecule has 1 aliphatic carbocycles. The molecule has 12 heteroatoms. The van der Waals surface area contributed by atoms with E-state index in [1.807, 2.05) is 18.2 Å². The molecule has 0 radical (unpaired) electrons. The number of hydrogen-bond donors (Lipinski definition) is 0. The van der Waals surface area contributed by atoms with Crippen LogP contribution in [-0.4, -0.2) is 60.3 Å². The lowest BCUT2D eigenvalue weighted by Gasteiger charge is -2.39. The van der Waals surface area contributed by atoms with E-state index in [0.29, 0.717) is 25.1 Å². The third kappa shape index (κ3) is 6.94. The van der Waals surface area contributed by atoms with Gasteiger partial charge >= 0.3 is 18.3 Å². The molecule has 0 aromatic heterocycles. The monoisotopic (exact) mass is 612 g/mol. The minimum atomic E-state index is -4.60. The lowest BCUT2D eigenvalue weighted by atomic mass is 9.80. The molecule has 2 heterocycles. The third-order valence-electron chi connectivity index (χ3n) is 8.90. The molecular weight excluding hydrogens is 578 g/mol. The van der Waals surface area contributed by atoms with Crippen molar-refractivity contribution in [1.82, 2.24) is 9.80 Å². The van der Waals surface area contributed by atoms with Crippen molar-refractivity contribution in [2.24, 2.45) is 5.41 Å². The van der Waals surface area contributed by atoms with Gasteiger partial charge in [0.1, 0.15) is 5.75 Å². The van der Waals surface area contributed by atoms with Crippen LogP contribution in [0.1, 0.15) is 78.4 Å². The Morgan fingerprint density at radius 3 is 2.44 bits per heavy atom. The Hall–Kier alpha value is -3.28. The van der Waals surface area contributed by atoms with E-state index in [9.17, 15) is 35.9 Å². The predicted octanol–water partition coefficient (Wildman–Crippen LogP) is 6.93. The predicted molar refractivity (Wildman–Crippen MR) is 144 cm³/mol. The van der Waals surface area contributed by atoms with Crippen molar-refractivity contribution in [3.63, 3.8) is 0 Å². The number of hydrogen-bond acceptors (Lipinski definition) is 5. The Balaban J connectivity index is 1.27. The number of ether oxygens (including phenoxy) is 2. The van der Waals surface area contributed by atoms with E-state index in [2.05, 4.69) is 4.90 Å². The Bertz CT molecular complexity index is 1340. The van der Waals surface area contributed by atoms with Gasteiger partial charge in [-0.2, -0.15) is 26.3 Å². The summed E-state index contributed by atoms with van der Waals surface area (Å²) in [6, 6.07) is 10.0. The number of carbonyl (C=O) groups is 2. The first-order valence-corrected chi connectivity index (χ1v) is 14.5. The fourth-order valence-electron chi connectivity index (χ4n) is 6.84. The Labute approximate surface area is 245 Å². The fraction of sp³-hybridized carbons (Fsp3) is 0.548. The number of rotatable bonds is 6. The maximum absolute atomic E-state index is 13.9. The molecule has 1 saturated carbocycles. The number of likely N-dealkylation sites (tertiary alicyclic amines) is 1. The van der Waals surface area contributed by atoms with Crippen molar-refractivity contribution in [3.05, 3.63) is 64.7 Å². The van der Waals surface area contributed by atoms with Crippen molar-refractivity contribution >= 4 is 11.9 Å². The summed E-state index contributed by atoms with van der Waals surface area (Å²) >= 11 is 0. The number of nitrogens with zero attached hydrogens (tertiary/aromatic N) is 2. The normalized spacial score (nSPS) is 23.5. The molecule has 43 heavy (non-hydrogen) atoms. The van der Waals surface area contributed by atoms with Crippen LogP contribution in [0.3, 0.4) is 0 Å².